The third-order valence-electron chi connectivity index (χ3n) is 4.00. The van der Waals surface area contributed by atoms with Gasteiger partial charge in [0.2, 0.25) is 0 Å². The van der Waals surface area contributed by atoms with Crippen LogP contribution >= 0.6 is 0 Å². The van der Waals surface area contributed by atoms with E-state index in [4.69, 9.17) is 5.84 Å². The summed E-state index contributed by atoms with van der Waals surface area (Å²) < 4.78 is 0. The highest BCUT2D eigenvalue weighted by Crippen LogP contribution is 2.33. The van der Waals surface area contributed by atoms with Gasteiger partial charge in [-0.3, -0.25) is 11.3 Å². The Hall–Kier alpha value is -1.64. The Morgan fingerprint density at radius 1 is 0.900 bits per heavy atom. The minimum absolute atomic E-state index is 0.147. The summed E-state index contributed by atoms with van der Waals surface area (Å²) in [6.07, 6.45) is 2.12. The highest BCUT2D eigenvalue weighted by Gasteiger charge is 2.22. The summed E-state index contributed by atoms with van der Waals surface area (Å²) in [5, 5.41) is 0. The third kappa shape index (κ3) is 3.27. The summed E-state index contributed by atoms with van der Waals surface area (Å²) in [7, 11) is 0. The van der Waals surface area contributed by atoms with E-state index in [0.29, 0.717) is 5.92 Å². The molecule has 2 aromatic carbocycles. The van der Waals surface area contributed by atoms with E-state index in [0.717, 1.165) is 12.8 Å². The van der Waals surface area contributed by atoms with Crippen LogP contribution < -0.4 is 11.3 Å². The first-order valence-electron chi connectivity index (χ1n) is 7.40. The highest BCUT2D eigenvalue weighted by atomic mass is 15.2. The second kappa shape index (κ2) is 7.22. The molecule has 0 heterocycles. The molecule has 0 saturated heterocycles. The molecule has 0 bridgehead atoms. The molecule has 2 rings (SSSR count). The number of hydrogen-bond donors (Lipinski definition) is 2. The van der Waals surface area contributed by atoms with Crippen LogP contribution in [0, 0.1) is 0 Å². The third-order valence-corrected chi connectivity index (χ3v) is 4.00. The topological polar surface area (TPSA) is 38.0 Å². The van der Waals surface area contributed by atoms with Crippen LogP contribution in [-0.2, 0) is 6.42 Å². The first kappa shape index (κ1) is 14.8. The minimum Gasteiger partial charge on any atom is -0.271 e. The van der Waals surface area contributed by atoms with Crippen LogP contribution in [0.4, 0.5) is 0 Å². The average Bonchev–Trinajstić information content (AvgIpc) is 2.53. The van der Waals surface area contributed by atoms with Gasteiger partial charge in [-0.25, -0.2) is 0 Å². The van der Waals surface area contributed by atoms with Gasteiger partial charge >= 0.3 is 0 Å². The van der Waals surface area contributed by atoms with E-state index >= 15 is 0 Å². The molecule has 106 valence electrons. The number of nitrogens with two attached hydrogens (primary N) is 1. The predicted octanol–water partition coefficient (Wildman–Crippen LogP) is 3.95. The number of hydrogen-bond acceptors (Lipinski definition) is 2. The van der Waals surface area contributed by atoms with Crippen LogP contribution in [0.15, 0.2) is 54.6 Å². The van der Waals surface area contributed by atoms with E-state index in [1.807, 2.05) is 0 Å². The smallest absolute Gasteiger partial charge is 0.0528 e. The van der Waals surface area contributed by atoms with E-state index < -0.39 is 0 Å². The maximum Gasteiger partial charge on any atom is 0.0528 e. The van der Waals surface area contributed by atoms with Gasteiger partial charge < -0.3 is 0 Å². The van der Waals surface area contributed by atoms with Crippen molar-refractivity contribution in [1.29, 1.82) is 0 Å². The zero-order valence-corrected chi connectivity index (χ0v) is 12.3. The molecule has 3 N–H and O–H groups in total. The molecule has 0 aliphatic carbocycles. The Kier molecular flexibility index (Phi) is 5.33. The van der Waals surface area contributed by atoms with Gasteiger partial charge in [-0.2, -0.15) is 0 Å². The molecule has 0 amide bonds. The van der Waals surface area contributed by atoms with E-state index in [1.165, 1.54) is 16.7 Å². The zero-order chi connectivity index (χ0) is 14.4. The van der Waals surface area contributed by atoms with Gasteiger partial charge in [-0.15, -0.1) is 0 Å². The van der Waals surface area contributed by atoms with Crippen LogP contribution in [0.1, 0.15) is 48.9 Å². The summed E-state index contributed by atoms with van der Waals surface area (Å²) in [4.78, 5) is 0. The lowest BCUT2D eigenvalue weighted by Crippen LogP contribution is -2.32. The second-order valence-electron chi connectivity index (χ2n) is 5.16. The van der Waals surface area contributed by atoms with Gasteiger partial charge in [0.25, 0.3) is 0 Å². The Balaban J connectivity index is 2.29. The summed E-state index contributed by atoms with van der Waals surface area (Å²) in [5.74, 6) is 6.22. The van der Waals surface area contributed by atoms with Gasteiger partial charge in [-0.05, 0) is 29.5 Å². The zero-order valence-electron chi connectivity index (χ0n) is 12.3. The number of nitrogens with one attached hydrogen (secondary N) is 1. The Morgan fingerprint density at radius 3 is 2.05 bits per heavy atom. The summed E-state index contributed by atoms with van der Waals surface area (Å²) in [6, 6.07) is 19.5. The van der Waals surface area contributed by atoms with Crippen molar-refractivity contribution < 1.29 is 0 Å². The van der Waals surface area contributed by atoms with Crippen molar-refractivity contribution >= 4 is 0 Å². The van der Waals surface area contributed by atoms with E-state index in [9.17, 15) is 0 Å². The Morgan fingerprint density at radius 2 is 1.55 bits per heavy atom. The monoisotopic (exact) mass is 268 g/mol. The van der Waals surface area contributed by atoms with Crippen molar-refractivity contribution in [2.75, 3.05) is 0 Å². The first-order chi connectivity index (χ1) is 9.80. The Bertz CT molecular complexity index is 505. The fourth-order valence-electron chi connectivity index (χ4n) is 2.77. The van der Waals surface area contributed by atoms with Crippen LogP contribution in [0.2, 0.25) is 0 Å². The van der Waals surface area contributed by atoms with Crippen molar-refractivity contribution in [3.05, 3.63) is 71.3 Å². The van der Waals surface area contributed by atoms with E-state index in [2.05, 4.69) is 73.9 Å². The molecule has 20 heavy (non-hydrogen) atoms. The summed E-state index contributed by atoms with van der Waals surface area (Å²) >= 11 is 0. The first-order valence-corrected chi connectivity index (χ1v) is 7.40. The maximum atomic E-state index is 5.84. The summed E-state index contributed by atoms with van der Waals surface area (Å²) in [6.45, 7) is 4.38. The fourth-order valence-corrected chi connectivity index (χ4v) is 2.77. The van der Waals surface area contributed by atoms with E-state index in [1.54, 1.807) is 0 Å². The molecule has 0 radical (unpaired) electrons. The van der Waals surface area contributed by atoms with Gasteiger partial charge in [0.1, 0.15) is 0 Å². The van der Waals surface area contributed by atoms with Crippen molar-refractivity contribution in [2.24, 2.45) is 5.84 Å². The molecule has 0 spiro atoms. The maximum absolute atomic E-state index is 5.84. The lowest BCUT2D eigenvalue weighted by Gasteiger charge is -2.26. The largest absolute Gasteiger partial charge is 0.271 e. The molecular formula is C18H24N2. The van der Waals surface area contributed by atoms with E-state index in [-0.39, 0.29) is 6.04 Å². The number of hydrazine groups is 1. The minimum atomic E-state index is 0.147. The van der Waals surface area contributed by atoms with Gasteiger partial charge in [0, 0.05) is 5.92 Å². The molecule has 0 aliphatic rings. The second-order valence-corrected chi connectivity index (χ2v) is 5.16. The van der Waals surface area contributed by atoms with Crippen LogP contribution in [-0.4, -0.2) is 0 Å². The molecular weight excluding hydrogens is 244 g/mol. The van der Waals surface area contributed by atoms with Gasteiger partial charge in [0.15, 0.2) is 0 Å². The molecule has 0 aliphatic heterocycles. The molecule has 2 heteroatoms. The SMILES string of the molecule is CCc1ccc(C(NN)C(CC)c2ccccc2)cc1. The van der Waals surface area contributed by atoms with Crippen LogP contribution in [0.25, 0.3) is 0 Å². The standard InChI is InChI=1S/C18H24N2/c1-3-14-10-12-16(13-11-14)18(20-19)17(4-2)15-8-6-5-7-9-15/h5-13,17-18,20H,3-4,19H2,1-2H3. The van der Waals surface area contributed by atoms with Crippen molar-refractivity contribution in [2.45, 2.75) is 38.6 Å². The molecule has 2 unspecified atom stereocenters. The highest BCUT2D eigenvalue weighted by molar-refractivity contribution is 5.30. The van der Waals surface area contributed by atoms with Crippen LogP contribution in [0.3, 0.4) is 0 Å². The van der Waals surface area contributed by atoms with Gasteiger partial charge in [-0.1, -0.05) is 68.4 Å². The lowest BCUT2D eigenvalue weighted by atomic mass is 9.85. The molecule has 2 aromatic rings. The molecule has 2 atom stereocenters. The van der Waals surface area contributed by atoms with Crippen molar-refractivity contribution in [1.82, 2.24) is 5.43 Å². The van der Waals surface area contributed by atoms with Crippen molar-refractivity contribution in [3.8, 4) is 0 Å². The number of rotatable bonds is 6. The van der Waals surface area contributed by atoms with Gasteiger partial charge in [0.05, 0.1) is 6.04 Å². The summed E-state index contributed by atoms with van der Waals surface area (Å²) in [5.41, 5.74) is 6.95. The number of aryl methyl sites for hydroxylation is 1. The quantitative estimate of drug-likeness (QED) is 0.615. The predicted molar refractivity (Wildman–Crippen MR) is 85.4 cm³/mol. The molecule has 2 nitrogen and oxygen atoms in total. The average molecular weight is 268 g/mol. The Labute approximate surface area is 122 Å². The van der Waals surface area contributed by atoms with Crippen molar-refractivity contribution in [3.63, 3.8) is 0 Å². The van der Waals surface area contributed by atoms with Crippen LogP contribution in [0.5, 0.6) is 0 Å². The molecule has 0 saturated carbocycles. The lowest BCUT2D eigenvalue weighted by molar-refractivity contribution is 0.445. The fraction of sp³-hybridized carbons (Fsp3) is 0.333. The number of benzene rings is 2. The normalized spacial score (nSPS) is 13.9. The molecule has 0 fully saturated rings. The molecule has 0 aromatic heterocycles.